The highest BCUT2D eigenvalue weighted by Crippen LogP contribution is 2.30. The summed E-state index contributed by atoms with van der Waals surface area (Å²) in [7, 11) is 0. The maximum absolute atomic E-state index is 12.9. The zero-order valence-electron chi connectivity index (χ0n) is 16.0. The number of carbonyl (C=O) groups excluding carboxylic acids is 3. The van der Waals surface area contributed by atoms with Gasteiger partial charge in [0.1, 0.15) is 0 Å². The lowest BCUT2D eigenvalue weighted by atomic mass is 10.0. The zero-order valence-corrected chi connectivity index (χ0v) is 16.8. The molecule has 1 saturated heterocycles. The topological polar surface area (TPSA) is 105 Å². The second-order valence-electron chi connectivity index (χ2n) is 7.33. The predicted octanol–water partition coefficient (Wildman–Crippen LogP) is 1.92. The molecule has 3 amide bonds. The van der Waals surface area contributed by atoms with E-state index in [1.165, 1.54) is 0 Å². The van der Waals surface area contributed by atoms with Crippen LogP contribution in [0.2, 0.25) is 0 Å². The Bertz CT molecular complexity index is 691. The van der Waals surface area contributed by atoms with Gasteiger partial charge in [-0.2, -0.15) is 0 Å². The molecule has 0 radical (unpaired) electrons. The van der Waals surface area contributed by atoms with Gasteiger partial charge in [0.05, 0.1) is 0 Å². The van der Waals surface area contributed by atoms with Crippen LogP contribution in [-0.2, 0) is 9.59 Å². The van der Waals surface area contributed by atoms with Crippen molar-refractivity contribution in [2.45, 2.75) is 44.6 Å². The summed E-state index contributed by atoms with van der Waals surface area (Å²) in [5.74, 6) is 0.0902. The third-order valence-corrected chi connectivity index (χ3v) is 5.14. The van der Waals surface area contributed by atoms with E-state index >= 15 is 0 Å². The Balaban J connectivity index is 0.00000280. The van der Waals surface area contributed by atoms with Crippen molar-refractivity contribution in [2.24, 2.45) is 11.7 Å². The summed E-state index contributed by atoms with van der Waals surface area (Å²) in [5, 5.41) is 5.76. The number of nitrogens with two attached hydrogens (primary N) is 1. The molecule has 2 fully saturated rings. The molecule has 3 rings (SSSR count). The van der Waals surface area contributed by atoms with Gasteiger partial charge in [-0.1, -0.05) is 0 Å². The minimum absolute atomic E-state index is 0. The first-order valence-corrected chi connectivity index (χ1v) is 9.77. The van der Waals surface area contributed by atoms with Gasteiger partial charge in [-0.05, 0) is 56.4 Å². The molecule has 1 unspecified atom stereocenters. The van der Waals surface area contributed by atoms with Crippen LogP contribution in [0.1, 0.15) is 48.9 Å². The van der Waals surface area contributed by atoms with Crippen LogP contribution in [-0.4, -0.2) is 48.3 Å². The van der Waals surface area contributed by atoms with Crippen molar-refractivity contribution in [3.63, 3.8) is 0 Å². The van der Waals surface area contributed by atoms with E-state index in [2.05, 4.69) is 10.6 Å². The largest absolute Gasteiger partial charge is 0.354 e. The highest BCUT2D eigenvalue weighted by atomic mass is 35.5. The molecule has 1 aromatic carbocycles. The van der Waals surface area contributed by atoms with Crippen LogP contribution < -0.4 is 16.4 Å². The molecule has 0 aromatic heterocycles. The van der Waals surface area contributed by atoms with Gasteiger partial charge in [0, 0.05) is 49.3 Å². The molecular weight excluding hydrogens is 380 g/mol. The molecular formula is C20H29ClN4O3. The molecule has 1 aliphatic heterocycles. The van der Waals surface area contributed by atoms with Crippen molar-refractivity contribution in [3.8, 4) is 0 Å². The summed E-state index contributed by atoms with van der Waals surface area (Å²) < 4.78 is 0. The van der Waals surface area contributed by atoms with E-state index < -0.39 is 0 Å². The van der Waals surface area contributed by atoms with Crippen LogP contribution in [0.4, 0.5) is 5.69 Å². The Hall–Kier alpha value is -2.12. The molecule has 1 aromatic rings. The van der Waals surface area contributed by atoms with E-state index in [9.17, 15) is 14.4 Å². The number of likely N-dealkylation sites (tertiary alicyclic amines) is 1. The summed E-state index contributed by atoms with van der Waals surface area (Å²) >= 11 is 0. The molecule has 1 heterocycles. The lowest BCUT2D eigenvalue weighted by Crippen LogP contribution is -2.49. The number of nitrogens with zero attached hydrogens (tertiary/aromatic N) is 1. The lowest BCUT2D eigenvalue weighted by molar-refractivity contribution is -0.121. The third-order valence-electron chi connectivity index (χ3n) is 5.14. The van der Waals surface area contributed by atoms with Crippen LogP contribution >= 0.6 is 12.4 Å². The molecule has 8 heteroatoms. The van der Waals surface area contributed by atoms with E-state index in [1.54, 1.807) is 24.3 Å². The summed E-state index contributed by atoms with van der Waals surface area (Å²) in [6.45, 7) is 1.47. The Morgan fingerprint density at radius 1 is 1.07 bits per heavy atom. The number of carbonyl (C=O) groups is 3. The van der Waals surface area contributed by atoms with Gasteiger partial charge in [0.25, 0.3) is 5.91 Å². The van der Waals surface area contributed by atoms with Gasteiger partial charge in [-0.15, -0.1) is 12.4 Å². The van der Waals surface area contributed by atoms with Gasteiger partial charge in [0.15, 0.2) is 0 Å². The van der Waals surface area contributed by atoms with Crippen molar-refractivity contribution in [2.75, 3.05) is 25.0 Å². The van der Waals surface area contributed by atoms with Crippen LogP contribution in [0, 0.1) is 5.92 Å². The van der Waals surface area contributed by atoms with Crippen LogP contribution in [0.25, 0.3) is 0 Å². The molecule has 0 spiro atoms. The normalized spacial score (nSPS) is 18.8. The van der Waals surface area contributed by atoms with Crippen molar-refractivity contribution >= 4 is 35.8 Å². The number of hydrogen-bond acceptors (Lipinski definition) is 4. The van der Waals surface area contributed by atoms with Gasteiger partial charge >= 0.3 is 0 Å². The van der Waals surface area contributed by atoms with Crippen molar-refractivity contribution in [1.29, 1.82) is 0 Å². The number of piperidine rings is 1. The maximum Gasteiger partial charge on any atom is 0.254 e. The number of amides is 3. The highest BCUT2D eigenvalue weighted by molar-refractivity contribution is 5.97. The number of anilines is 1. The van der Waals surface area contributed by atoms with Gasteiger partial charge < -0.3 is 21.3 Å². The van der Waals surface area contributed by atoms with E-state index in [4.69, 9.17) is 5.73 Å². The Kier molecular flexibility index (Phi) is 8.26. The number of hydrogen-bond donors (Lipinski definition) is 3. The average Bonchev–Trinajstić information content (AvgIpc) is 3.52. The Labute approximate surface area is 171 Å². The Morgan fingerprint density at radius 3 is 2.43 bits per heavy atom. The molecule has 4 N–H and O–H groups in total. The average molecular weight is 409 g/mol. The molecule has 28 heavy (non-hydrogen) atoms. The zero-order chi connectivity index (χ0) is 19.2. The maximum atomic E-state index is 12.9. The molecule has 154 valence electrons. The fourth-order valence-electron chi connectivity index (χ4n) is 3.38. The summed E-state index contributed by atoms with van der Waals surface area (Å²) in [5.41, 5.74) is 6.71. The number of benzene rings is 1. The second kappa shape index (κ2) is 10.4. The van der Waals surface area contributed by atoms with E-state index in [0.29, 0.717) is 37.3 Å². The van der Waals surface area contributed by atoms with Crippen LogP contribution in [0.15, 0.2) is 24.3 Å². The van der Waals surface area contributed by atoms with E-state index in [0.717, 1.165) is 32.1 Å². The molecule has 2 aliphatic rings. The molecule has 1 aliphatic carbocycles. The van der Waals surface area contributed by atoms with Gasteiger partial charge in [0.2, 0.25) is 11.8 Å². The summed E-state index contributed by atoms with van der Waals surface area (Å²) in [4.78, 5) is 38.3. The van der Waals surface area contributed by atoms with Crippen molar-refractivity contribution < 1.29 is 14.4 Å². The molecule has 1 saturated carbocycles. The minimum atomic E-state index is -0.0776. The second-order valence-corrected chi connectivity index (χ2v) is 7.33. The van der Waals surface area contributed by atoms with Crippen molar-refractivity contribution in [1.82, 2.24) is 10.2 Å². The highest BCUT2D eigenvalue weighted by Gasteiger charge is 2.30. The fourth-order valence-corrected chi connectivity index (χ4v) is 3.38. The van der Waals surface area contributed by atoms with Gasteiger partial charge in [-0.25, -0.2) is 0 Å². The van der Waals surface area contributed by atoms with E-state index in [1.807, 2.05) is 4.90 Å². The van der Waals surface area contributed by atoms with Gasteiger partial charge in [-0.3, -0.25) is 14.4 Å². The van der Waals surface area contributed by atoms with E-state index in [-0.39, 0.29) is 42.1 Å². The van der Waals surface area contributed by atoms with Crippen LogP contribution in [0.5, 0.6) is 0 Å². The molecule has 0 bridgehead atoms. The smallest absolute Gasteiger partial charge is 0.254 e. The molecule has 7 nitrogen and oxygen atoms in total. The first kappa shape index (κ1) is 22.2. The lowest BCUT2D eigenvalue weighted by Gasteiger charge is -2.36. The first-order valence-electron chi connectivity index (χ1n) is 9.77. The monoisotopic (exact) mass is 408 g/mol. The number of halogens is 1. The molecule has 1 atom stereocenters. The Morgan fingerprint density at radius 2 is 1.79 bits per heavy atom. The number of rotatable bonds is 7. The van der Waals surface area contributed by atoms with Crippen LogP contribution in [0.3, 0.4) is 0 Å². The predicted molar refractivity (Wildman–Crippen MR) is 110 cm³/mol. The number of nitrogens with one attached hydrogen (secondary N) is 2. The third kappa shape index (κ3) is 5.94. The fraction of sp³-hybridized carbons (Fsp3) is 0.550. The SMILES string of the molecule is Cl.NCCC(=O)NCC1CCCCN1C(=O)c1ccc(NC(=O)C2CC2)cc1. The summed E-state index contributed by atoms with van der Waals surface area (Å²) in [6, 6.07) is 7.06. The quantitative estimate of drug-likeness (QED) is 0.641. The summed E-state index contributed by atoms with van der Waals surface area (Å²) in [6.07, 6.45) is 5.11. The first-order chi connectivity index (χ1) is 13.1. The van der Waals surface area contributed by atoms with Crippen molar-refractivity contribution in [3.05, 3.63) is 29.8 Å². The minimum Gasteiger partial charge on any atom is -0.354 e. The standard InChI is InChI=1S/C20H28N4O3.ClH/c21-11-10-18(25)22-13-17-3-1-2-12-24(17)20(27)15-6-8-16(9-7-15)23-19(26)14-4-5-14;/h6-9,14,17H,1-5,10-13,21H2,(H,22,25)(H,23,26);1H.